The molecule has 1 aromatic carbocycles. The van der Waals surface area contributed by atoms with Crippen molar-refractivity contribution >= 4 is 11.6 Å². The molecule has 0 aliphatic carbocycles. The highest BCUT2D eigenvalue weighted by atomic mass is 16.1. The Labute approximate surface area is 134 Å². The van der Waals surface area contributed by atoms with E-state index in [2.05, 4.69) is 29.3 Å². The standard InChI is InChI=1S/C18H29N3O/c1-13(2)18(22)20-17-6-4-5-16(11-17)15-7-9-21(10-8-15)12-14(3)19/h4-6,11,13-15H,7-10,12,19H2,1-3H3,(H,20,22). The third-order valence-corrected chi connectivity index (χ3v) is 4.28. The predicted octanol–water partition coefficient (Wildman–Crippen LogP) is 2.81. The lowest BCUT2D eigenvalue weighted by molar-refractivity contribution is -0.118. The van der Waals surface area contributed by atoms with Crippen molar-refractivity contribution in [2.24, 2.45) is 11.7 Å². The van der Waals surface area contributed by atoms with Crippen LogP contribution in [0.25, 0.3) is 0 Å². The summed E-state index contributed by atoms with van der Waals surface area (Å²) in [6.07, 6.45) is 2.32. The molecule has 1 aliphatic heterocycles. The van der Waals surface area contributed by atoms with Crippen LogP contribution in [-0.4, -0.2) is 36.5 Å². The van der Waals surface area contributed by atoms with Gasteiger partial charge >= 0.3 is 0 Å². The number of nitrogens with one attached hydrogen (secondary N) is 1. The molecule has 0 spiro atoms. The van der Waals surface area contributed by atoms with Crippen LogP contribution in [0, 0.1) is 5.92 Å². The van der Waals surface area contributed by atoms with Crippen LogP contribution < -0.4 is 11.1 Å². The van der Waals surface area contributed by atoms with Crippen LogP contribution in [-0.2, 0) is 4.79 Å². The summed E-state index contributed by atoms with van der Waals surface area (Å²) in [5, 5.41) is 2.99. The third kappa shape index (κ3) is 4.82. The zero-order valence-electron chi connectivity index (χ0n) is 14.0. The Kier molecular flexibility index (Phi) is 5.98. The minimum atomic E-state index is 0.00477. The molecule has 0 radical (unpaired) electrons. The van der Waals surface area contributed by atoms with Crippen molar-refractivity contribution in [1.29, 1.82) is 0 Å². The summed E-state index contributed by atoms with van der Waals surface area (Å²) in [6.45, 7) is 9.08. The largest absolute Gasteiger partial charge is 0.327 e. The Bertz CT molecular complexity index is 491. The molecule has 2 rings (SSSR count). The number of hydrogen-bond acceptors (Lipinski definition) is 3. The molecule has 22 heavy (non-hydrogen) atoms. The van der Waals surface area contributed by atoms with Crippen LogP contribution in [0.1, 0.15) is 45.1 Å². The van der Waals surface area contributed by atoms with Gasteiger partial charge in [0.25, 0.3) is 0 Å². The molecular formula is C18H29N3O. The molecule has 1 amide bonds. The molecule has 0 bridgehead atoms. The van der Waals surface area contributed by atoms with E-state index in [1.807, 2.05) is 26.0 Å². The first-order valence-corrected chi connectivity index (χ1v) is 8.34. The van der Waals surface area contributed by atoms with Crippen LogP contribution in [0.3, 0.4) is 0 Å². The first-order valence-electron chi connectivity index (χ1n) is 8.34. The lowest BCUT2D eigenvalue weighted by Crippen LogP contribution is -2.40. The number of carbonyl (C=O) groups is 1. The number of carbonyl (C=O) groups excluding carboxylic acids is 1. The molecule has 1 atom stereocenters. The molecule has 1 heterocycles. The maximum atomic E-state index is 11.8. The average molecular weight is 303 g/mol. The van der Waals surface area contributed by atoms with E-state index in [9.17, 15) is 4.79 Å². The predicted molar refractivity (Wildman–Crippen MR) is 92.0 cm³/mol. The number of anilines is 1. The van der Waals surface area contributed by atoms with Crippen molar-refractivity contribution in [3.63, 3.8) is 0 Å². The van der Waals surface area contributed by atoms with Crippen molar-refractivity contribution in [1.82, 2.24) is 4.90 Å². The Morgan fingerprint density at radius 2 is 2.00 bits per heavy atom. The van der Waals surface area contributed by atoms with E-state index in [0.717, 1.165) is 38.2 Å². The van der Waals surface area contributed by atoms with Crippen molar-refractivity contribution in [2.45, 2.75) is 45.6 Å². The van der Waals surface area contributed by atoms with E-state index in [1.54, 1.807) is 0 Å². The molecule has 1 saturated heterocycles. The summed E-state index contributed by atoms with van der Waals surface area (Å²) in [5.41, 5.74) is 8.12. The SMILES string of the molecule is CC(N)CN1CCC(c2cccc(NC(=O)C(C)C)c2)CC1. The number of benzene rings is 1. The second-order valence-electron chi connectivity index (χ2n) is 6.82. The Hall–Kier alpha value is -1.39. The minimum Gasteiger partial charge on any atom is -0.327 e. The average Bonchev–Trinajstić information content (AvgIpc) is 2.47. The second kappa shape index (κ2) is 7.75. The van der Waals surface area contributed by atoms with Gasteiger partial charge in [0.15, 0.2) is 0 Å². The van der Waals surface area contributed by atoms with Gasteiger partial charge in [-0.2, -0.15) is 0 Å². The number of hydrogen-bond donors (Lipinski definition) is 2. The summed E-state index contributed by atoms with van der Waals surface area (Å²) in [4.78, 5) is 14.3. The van der Waals surface area contributed by atoms with E-state index in [-0.39, 0.29) is 17.9 Å². The fourth-order valence-electron chi connectivity index (χ4n) is 3.01. The van der Waals surface area contributed by atoms with Crippen molar-refractivity contribution in [3.8, 4) is 0 Å². The van der Waals surface area contributed by atoms with Crippen LogP contribution in [0.5, 0.6) is 0 Å². The topological polar surface area (TPSA) is 58.4 Å². The van der Waals surface area contributed by atoms with Gasteiger partial charge in [0, 0.05) is 24.2 Å². The van der Waals surface area contributed by atoms with Gasteiger partial charge in [-0.15, -0.1) is 0 Å². The molecule has 0 saturated carbocycles. The van der Waals surface area contributed by atoms with E-state index >= 15 is 0 Å². The molecule has 3 N–H and O–H groups in total. The number of nitrogens with two attached hydrogens (primary N) is 1. The highest BCUT2D eigenvalue weighted by molar-refractivity contribution is 5.92. The molecule has 1 aromatic rings. The van der Waals surface area contributed by atoms with E-state index < -0.39 is 0 Å². The smallest absolute Gasteiger partial charge is 0.226 e. The van der Waals surface area contributed by atoms with Gasteiger partial charge in [0.05, 0.1) is 0 Å². The molecule has 1 unspecified atom stereocenters. The van der Waals surface area contributed by atoms with Crippen LogP contribution in [0.4, 0.5) is 5.69 Å². The number of amides is 1. The monoisotopic (exact) mass is 303 g/mol. The summed E-state index contributed by atoms with van der Waals surface area (Å²) in [5.74, 6) is 0.661. The summed E-state index contributed by atoms with van der Waals surface area (Å²) in [6, 6.07) is 8.56. The van der Waals surface area contributed by atoms with Gasteiger partial charge in [0.1, 0.15) is 0 Å². The van der Waals surface area contributed by atoms with Crippen molar-refractivity contribution < 1.29 is 4.79 Å². The molecule has 0 aromatic heterocycles. The highest BCUT2D eigenvalue weighted by Crippen LogP contribution is 2.29. The normalized spacial score (nSPS) is 18.4. The second-order valence-corrected chi connectivity index (χ2v) is 6.82. The van der Waals surface area contributed by atoms with Crippen molar-refractivity contribution in [3.05, 3.63) is 29.8 Å². The van der Waals surface area contributed by atoms with Gasteiger partial charge in [-0.25, -0.2) is 0 Å². The number of nitrogens with zero attached hydrogens (tertiary/aromatic N) is 1. The molecule has 1 aliphatic rings. The van der Waals surface area contributed by atoms with Gasteiger partial charge in [-0.05, 0) is 56.5 Å². The van der Waals surface area contributed by atoms with Crippen LogP contribution in [0.2, 0.25) is 0 Å². The maximum absolute atomic E-state index is 11.8. The van der Waals surface area contributed by atoms with E-state index in [1.165, 1.54) is 5.56 Å². The van der Waals surface area contributed by atoms with Gasteiger partial charge in [-0.3, -0.25) is 4.79 Å². The van der Waals surface area contributed by atoms with E-state index in [4.69, 9.17) is 5.73 Å². The van der Waals surface area contributed by atoms with E-state index in [0.29, 0.717) is 5.92 Å². The molecule has 1 fully saturated rings. The highest BCUT2D eigenvalue weighted by Gasteiger charge is 2.21. The van der Waals surface area contributed by atoms with Crippen LogP contribution >= 0.6 is 0 Å². The Morgan fingerprint density at radius 1 is 1.32 bits per heavy atom. The quantitative estimate of drug-likeness (QED) is 0.879. The lowest BCUT2D eigenvalue weighted by Gasteiger charge is -2.33. The van der Waals surface area contributed by atoms with Crippen molar-refractivity contribution in [2.75, 3.05) is 25.0 Å². The van der Waals surface area contributed by atoms with Crippen LogP contribution in [0.15, 0.2) is 24.3 Å². The molecule has 122 valence electrons. The zero-order valence-corrected chi connectivity index (χ0v) is 14.0. The maximum Gasteiger partial charge on any atom is 0.226 e. The lowest BCUT2D eigenvalue weighted by atomic mass is 9.89. The fourth-order valence-corrected chi connectivity index (χ4v) is 3.01. The molecular weight excluding hydrogens is 274 g/mol. The van der Waals surface area contributed by atoms with Gasteiger partial charge in [0.2, 0.25) is 5.91 Å². The zero-order chi connectivity index (χ0) is 16.1. The molecule has 4 heteroatoms. The number of piperidine rings is 1. The Morgan fingerprint density at radius 3 is 2.59 bits per heavy atom. The summed E-state index contributed by atoms with van der Waals surface area (Å²) in [7, 11) is 0. The first-order chi connectivity index (χ1) is 10.5. The third-order valence-electron chi connectivity index (χ3n) is 4.28. The molecule has 4 nitrogen and oxygen atoms in total. The van der Waals surface area contributed by atoms with Gasteiger partial charge < -0.3 is 16.0 Å². The minimum absolute atomic E-state index is 0.00477. The summed E-state index contributed by atoms with van der Waals surface area (Å²) >= 11 is 0. The fraction of sp³-hybridized carbons (Fsp3) is 0.611. The van der Waals surface area contributed by atoms with Gasteiger partial charge in [-0.1, -0.05) is 26.0 Å². The number of likely N-dealkylation sites (tertiary alicyclic amines) is 1. The number of rotatable bonds is 5. The Balaban J connectivity index is 1.95. The first kappa shape index (κ1) is 17.0. The summed E-state index contributed by atoms with van der Waals surface area (Å²) < 4.78 is 0.